The van der Waals surface area contributed by atoms with Crippen LogP contribution in [0.3, 0.4) is 0 Å². The lowest BCUT2D eigenvalue weighted by Crippen LogP contribution is -2.31. The first-order valence-electron chi connectivity index (χ1n) is 4.84. The number of nitrogens with zero attached hydrogens (tertiary/aromatic N) is 1. The van der Waals surface area contributed by atoms with Gasteiger partial charge in [0.15, 0.2) is 0 Å². The van der Waals surface area contributed by atoms with Crippen molar-refractivity contribution in [1.29, 1.82) is 0 Å². The van der Waals surface area contributed by atoms with E-state index in [1.54, 1.807) is 0 Å². The van der Waals surface area contributed by atoms with Crippen molar-refractivity contribution in [3.8, 4) is 0 Å². The van der Waals surface area contributed by atoms with Crippen LogP contribution in [0.5, 0.6) is 0 Å². The molecule has 0 spiro atoms. The van der Waals surface area contributed by atoms with Gasteiger partial charge in [0.25, 0.3) is 0 Å². The molecule has 0 amide bonds. The Hall–Kier alpha value is -1.19. The lowest BCUT2D eigenvalue weighted by atomic mass is 10.2. The van der Waals surface area contributed by atoms with Crippen LogP contribution >= 0.6 is 0 Å². The molecule has 0 bridgehead atoms. The van der Waals surface area contributed by atoms with Crippen LogP contribution in [0, 0.1) is 0 Å². The molecule has 1 aromatic rings. The number of rotatable bonds is 3. The van der Waals surface area contributed by atoms with Crippen LogP contribution in [0.1, 0.15) is 5.56 Å². The van der Waals surface area contributed by atoms with Crippen LogP contribution in [-0.2, 0) is 11.3 Å². The minimum absolute atomic E-state index is 0.0372. The SMILES string of the molecule is O=CC1CNCN1Cc1ccccc1. The summed E-state index contributed by atoms with van der Waals surface area (Å²) in [5, 5.41) is 3.19. The Morgan fingerprint density at radius 3 is 2.93 bits per heavy atom. The fourth-order valence-electron chi connectivity index (χ4n) is 1.73. The van der Waals surface area contributed by atoms with Gasteiger partial charge in [-0.1, -0.05) is 30.3 Å². The quantitative estimate of drug-likeness (QED) is 0.709. The van der Waals surface area contributed by atoms with Gasteiger partial charge in [-0.2, -0.15) is 0 Å². The van der Waals surface area contributed by atoms with Gasteiger partial charge in [-0.3, -0.25) is 4.90 Å². The first-order chi connectivity index (χ1) is 6.90. The van der Waals surface area contributed by atoms with E-state index in [9.17, 15) is 4.79 Å². The third kappa shape index (κ3) is 2.00. The van der Waals surface area contributed by atoms with Crippen LogP contribution in [-0.4, -0.2) is 30.4 Å². The molecule has 1 fully saturated rings. The fourth-order valence-corrected chi connectivity index (χ4v) is 1.73. The molecule has 0 aromatic heterocycles. The van der Waals surface area contributed by atoms with Gasteiger partial charge in [-0.05, 0) is 5.56 Å². The van der Waals surface area contributed by atoms with Crippen molar-refractivity contribution in [3.63, 3.8) is 0 Å². The Labute approximate surface area is 83.7 Å². The van der Waals surface area contributed by atoms with Gasteiger partial charge in [0.1, 0.15) is 6.29 Å². The summed E-state index contributed by atoms with van der Waals surface area (Å²) in [5.41, 5.74) is 1.25. The summed E-state index contributed by atoms with van der Waals surface area (Å²) in [6.07, 6.45) is 1.02. The number of hydrogen-bond acceptors (Lipinski definition) is 3. The third-order valence-electron chi connectivity index (χ3n) is 2.52. The number of hydrogen-bond donors (Lipinski definition) is 1. The van der Waals surface area contributed by atoms with Crippen molar-refractivity contribution in [2.24, 2.45) is 0 Å². The fraction of sp³-hybridized carbons (Fsp3) is 0.364. The van der Waals surface area contributed by atoms with Crippen molar-refractivity contribution in [1.82, 2.24) is 10.2 Å². The Kier molecular flexibility index (Phi) is 2.91. The Balaban J connectivity index is 2.00. The second kappa shape index (κ2) is 4.35. The average Bonchev–Trinajstić information content (AvgIpc) is 2.67. The molecule has 3 heteroatoms. The predicted octanol–water partition coefficient (Wildman–Crippen LogP) is 0.617. The Bertz CT molecular complexity index is 299. The molecule has 74 valence electrons. The minimum Gasteiger partial charge on any atom is -0.302 e. The van der Waals surface area contributed by atoms with E-state index in [2.05, 4.69) is 22.3 Å². The summed E-state index contributed by atoms with van der Waals surface area (Å²) < 4.78 is 0. The number of benzene rings is 1. The highest BCUT2D eigenvalue weighted by atomic mass is 16.1. The van der Waals surface area contributed by atoms with Crippen LogP contribution < -0.4 is 5.32 Å². The normalized spacial score (nSPS) is 22.4. The highest BCUT2D eigenvalue weighted by Gasteiger charge is 2.22. The molecular formula is C11H14N2O. The molecule has 1 heterocycles. The van der Waals surface area contributed by atoms with Crippen molar-refractivity contribution >= 4 is 6.29 Å². The maximum Gasteiger partial charge on any atom is 0.138 e. The van der Waals surface area contributed by atoms with E-state index in [4.69, 9.17) is 0 Å². The van der Waals surface area contributed by atoms with Crippen LogP contribution in [0.25, 0.3) is 0 Å². The van der Waals surface area contributed by atoms with Gasteiger partial charge in [-0.25, -0.2) is 0 Å². The van der Waals surface area contributed by atoms with Gasteiger partial charge in [0.2, 0.25) is 0 Å². The maximum atomic E-state index is 10.7. The van der Waals surface area contributed by atoms with Gasteiger partial charge >= 0.3 is 0 Å². The first kappa shape index (κ1) is 9.37. The summed E-state index contributed by atoms with van der Waals surface area (Å²) >= 11 is 0. The summed E-state index contributed by atoms with van der Waals surface area (Å²) in [4.78, 5) is 12.9. The number of carbonyl (C=O) groups excluding carboxylic acids is 1. The standard InChI is InChI=1S/C11H14N2O/c14-8-11-6-12-9-13(11)7-10-4-2-1-3-5-10/h1-5,8,11-12H,6-7,9H2. The largest absolute Gasteiger partial charge is 0.302 e. The van der Waals surface area contributed by atoms with Gasteiger partial charge in [0.05, 0.1) is 6.04 Å². The molecule has 0 radical (unpaired) electrons. The lowest BCUT2D eigenvalue weighted by molar-refractivity contribution is -0.111. The van der Waals surface area contributed by atoms with E-state index < -0.39 is 0 Å². The molecule has 1 aromatic carbocycles. The van der Waals surface area contributed by atoms with Gasteiger partial charge in [0, 0.05) is 19.8 Å². The number of nitrogens with one attached hydrogen (secondary N) is 1. The zero-order valence-electron chi connectivity index (χ0n) is 8.02. The Morgan fingerprint density at radius 2 is 2.21 bits per heavy atom. The average molecular weight is 190 g/mol. The second-order valence-corrected chi connectivity index (χ2v) is 3.55. The van der Waals surface area contributed by atoms with Crippen molar-refractivity contribution in [3.05, 3.63) is 35.9 Å². The molecule has 0 aliphatic carbocycles. The molecule has 1 unspecified atom stereocenters. The van der Waals surface area contributed by atoms with E-state index >= 15 is 0 Å². The molecular weight excluding hydrogens is 176 g/mol. The van der Waals surface area contributed by atoms with Gasteiger partial charge < -0.3 is 10.1 Å². The lowest BCUT2D eigenvalue weighted by Gasteiger charge is -2.18. The van der Waals surface area contributed by atoms with Gasteiger partial charge in [-0.15, -0.1) is 0 Å². The minimum atomic E-state index is 0.0372. The summed E-state index contributed by atoms with van der Waals surface area (Å²) in [6.45, 7) is 2.42. The topological polar surface area (TPSA) is 32.3 Å². The monoisotopic (exact) mass is 190 g/mol. The molecule has 2 rings (SSSR count). The number of aldehydes is 1. The zero-order valence-corrected chi connectivity index (χ0v) is 8.02. The molecule has 14 heavy (non-hydrogen) atoms. The molecule has 1 saturated heterocycles. The summed E-state index contributed by atoms with van der Waals surface area (Å²) in [5.74, 6) is 0. The number of carbonyl (C=O) groups is 1. The summed E-state index contributed by atoms with van der Waals surface area (Å²) in [6, 6.07) is 10.3. The Morgan fingerprint density at radius 1 is 1.43 bits per heavy atom. The molecule has 1 aliphatic heterocycles. The molecule has 3 nitrogen and oxygen atoms in total. The van der Waals surface area contributed by atoms with E-state index in [1.807, 2.05) is 18.2 Å². The van der Waals surface area contributed by atoms with E-state index in [0.29, 0.717) is 0 Å². The van der Waals surface area contributed by atoms with Crippen molar-refractivity contribution < 1.29 is 4.79 Å². The highest BCUT2D eigenvalue weighted by molar-refractivity contribution is 5.58. The third-order valence-corrected chi connectivity index (χ3v) is 2.52. The van der Waals surface area contributed by atoms with Crippen LogP contribution in [0.4, 0.5) is 0 Å². The molecule has 1 aliphatic rings. The maximum absolute atomic E-state index is 10.7. The van der Waals surface area contributed by atoms with Crippen molar-refractivity contribution in [2.75, 3.05) is 13.2 Å². The highest BCUT2D eigenvalue weighted by Crippen LogP contribution is 2.09. The second-order valence-electron chi connectivity index (χ2n) is 3.55. The van der Waals surface area contributed by atoms with E-state index in [1.165, 1.54) is 5.56 Å². The summed E-state index contributed by atoms with van der Waals surface area (Å²) in [7, 11) is 0. The molecule has 1 N–H and O–H groups in total. The zero-order chi connectivity index (χ0) is 9.80. The predicted molar refractivity (Wildman–Crippen MR) is 54.7 cm³/mol. The molecule has 1 atom stereocenters. The first-order valence-corrected chi connectivity index (χ1v) is 4.84. The molecule has 0 saturated carbocycles. The van der Waals surface area contributed by atoms with Crippen LogP contribution in [0.2, 0.25) is 0 Å². The van der Waals surface area contributed by atoms with Crippen molar-refractivity contribution in [2.45, 2.75) is 12.6 Å². The smallest absolute Gasteiger partial charge is 0.138 e. The van der Waals surface area contributed by atoms with E-state index in [0.717, 1.165) is 26.0 Å². The van der Waals surface area contributed by atoms with Crippen LogP contribution in [0.15, 0.2) is 30.3 Å². The van der Waals surface area contributed by atoms with E-state index in [-0.39, 0.29) is 6.04 Å².